The Hall–Kier alpha value is -2.34. The summed E-state index contributed by atoms with van der Waals surface area (Å²) in [7, 11) is 1.36. The van der Waals surface area contributed by atoms with Crippen molar-refractivity contribution in [3.8, 4) is 0 Å². The van der Waals surface area contributed by atoms with Crippen LogP contribution in [0.15, 0.2) is 53.1 Å². The number of pyridine rings is 1. The number of carbonyl (C=O) groups excluding carboxylic acids is 1. The third kappa shape index (κ3) is 2.75. The van der Waals surface area contributed by atoms with Crippen LogP contribution in [0.1, 0.15) is 10.4 Å². The number of carbonyl (C=O) groups is 1. The summed E-state index contributed by atoms with van der Waals surface area (Å²) in [5.41, 5.74) is 2.34. The predicted octanol–water partition coefficient (Wildman–Crippen LogP) is 3.63. The largest absolute Gasteiger partial charge is 0.465 e. The second kappa shape index (κ2) is 5.57. The van der Waals surface area contributed by atoms with Gasteiger partial charge in [-0.15, -0.1) is 0 Å². The quantitative estimate of drug-likeness (QED) is 0.736. The Labute approximate surface area is 129 Å². The van der Waals surface area contributed by atoms with Crippen LogP contribution in [0.4, 0.5) is 11.5 Å². The molecule has 6 heteroatoms. The van der Waals surface area contributed by atoms with E-state index in [1.165, 1.54) is 7.11 Å². The Balaban J connectivity index is 1.85. The molecule has 5 nitrogen and oxygen atoms in total. The van der Waals surface area contributed by atoms with Gasteiger partial charge in [-0.3, -0.25) is 0 Å². The summed E-state index contributed by atoms with van der Waals surface area (Å²) < 4.78 is 7.43. The summed E-state index contributed by atoms with van der Waals surface area (Å²) in [6.07, 6.45) is 1.88. The lowest BCUT2D eigenvalue weighted by molar-refractivity contribution is 0.0601. The normalized spacial score (nSPS) is 10.6. The van der Waals surface area contributed by atoms with E-state index in [1.807, 2.05) is 36.5 Å². The van der Waals surface area contributed by atoms with Crippen molar-refractivity contribution < 1.29 is 9.53 Å². The van der Waals surface area contributed by atoms with E-state index < -0.39 is 0 Å². The minimum absolute atomic E-state index is 0.349. The Morgan fingerprint density at radius 2 is 2.05 bits per heavy atom. The number of benzene rings is 1. The van der Waals surface area contributed by atoms with Gasteiger partial charge in [-0.25, -0.2) is 9.31 Å². The summed E-state index contributed by atoms with van der Waals surface area (Å²) >= 11 is 3.49. The molecule has 0 aliphatic heterocycles. The second-order valence-electron chi connectivity index (χ2n) is 4.41. The van der Waals surface area contributed by atoms with Crippen molar-refractivity contribution in [3.05, 3.63) is 58.7 Å². The van der Waals surface area contributed by atoms with Gasteiger partial charge < -0.3 is 10.1 Å². The first kappa shape index (κ1) is 13.6. The van der Waals surface area contributed by atoms with Crippen molar-refractivity contribution in [2.75, 3.05) is 12.4 Å². The van der Waals surface area contributed by atoms with E-state index in [2.05, 4.69) is 31.1 Å². The number of nitrogens with one attached hydrogen (secondary N) is 1. The maximum atomic E-state index is 11.4. The van der Waals surface area contributed by atoms with Crippen molar-refractivity contribution in [2.45, 2.75) is 0 Å². The van der Waals surface area contributed by atoms with Crippen molar-refractivity contribution in [3.63, 3.8) is 0 Å². The highest BCUT2D eigenvalue weighted by atomic mass is 79.9. The van der Waals surface area contributed by atoms with Crippen molar-refractivity contribution in [1.29, 1.82) is 0 Å². The van der Waals surface area contributed by atoms with Gasteiger partial charge in [0.15, 0.2) is 5.82 Å². The van der Waals surface area contributed by atoms with Gasteiger partial charge in [0.05, 0.1) is 18.2 Å². The van der Waals surface area contributed by atoms with Crippen LogP contribution in [-0.4, -0.2) is 22.7 Å². The van der Waals surface area contributed by atoms with Crippen LogP contribution in [0, 0.1) is 0 Å². The number of ether oxygens (including phenoxy) is 1. The summed E-state index contributed by atoms with van der Waals surface area (Å²) in [4.78, 5) is 11.4. The van der Waals surface area contributed by atoms with Gasteiger partial charge in [0.25, 0.3) is 0 Å². The number of hydrogen-bond donors (Lipinski definition) is 1. The number of fused-ring (bicyclic) bond motifs is 1. The van der Waals surface area contributed by atoms with Crippen LogP contribution >= 0.6 is 15.9 Å². The Morgan fingerprint density at radius 3 is 2.71 bits per heavy atom. The molecule has 0 unspecified atom stereocenters. The monoisotopic (exact) mass is 345 g/mol. The molecular weight excluding hydrogens is 334 g/mol. The maximum Gasteiger partial charge on any atom is 0.337 e. The maximum absolute atomic E-state index is 11.4. The van der Waals surface area contributed by atoms with Gasteiger partial charge in [-0.2, -0.15) is 5.10 Å². The van der Waals surface area contributed by atoms with Crippen molar-refractivity contribution >= 4 is 38.9 Å². The molecule has 3 aromatic rings. The van der Waals surface area contributed by atoms with E-state index in [-0.39, 0.29) is 5.97 Å². The summed E-state index contributed by atoms with van der Waals surface area (Å²) in [6.45, 7) is 0. The van der Waals surface area contributed by atoms with E-state index in [9.17, 15) is 4.79 Å². The van der Waals surface area contributed by atoms with E-state index in [0.717, 1.165) is 21.5 Å². The minimum atomic E-state index is -0.349. The molecule has 21 heavy (non-hydrogen) atoms. The average molecular weight is 346 g/mol. The molecule has 1 aromatic carbocycles. The Kier molecular flexibility index (Phi) is 3.62. The van der Waals surface area contributed by atoms with Crippen LogP contribution < -0.4 is 5.32 Å². The molecule has 0 fully saturated rings. The van der Waals surface area contributed by atoms with E-state index >= 15 is 0 Å². The summed E-state index contributed by atoms with van der Waals surface area (Å²) in [5.74, 6) is 0.380. The lowest BCUT2D eigenvalue weighted by atomic mass is 10.2. The number of anilines is 2. The zero-order valence-corrected chi connectivity index (χ0v) is 12.8. The van der Waals surface area contributed by atoms with Crippen LogP contribution in [-0.2, 0) is 4.74 Å². The number of halogens is 1. The molecule has 0 saturated carbocycles. The van der Waals surface area contributed by atoms with Crippen LogP contribution in [0.5, 0.6) is 0 Å². The highest BCUT2D eigenvalue weighted by Gasteiger charge is 2.07. The molecule has 0 aliphatic carbocycles. The van der Waals surface area contributed by atoms with Crippen molar-refractivity contribution in [2.24, 2.45) is 0 Å². The fourth-order valence-corrected chi connectivity index (χ4v) is 2.45. The molecule has 0 amide bonds. The van der Waals surface area contributed by atoms with E-state index in [0.29, 0.717) is 5.56 Å². The molecular formula is C15H12BrN3O2. The molecule has 2 heterocycles. The molecule has 3 rings (SSSR count). The number of hydrogen-bond acceptors (Lipinski definition) is 4. The van der Waals surface area contributed by atoms with Crippen LogP contribution in [0.25, 0.3) is 5.52 Å². The predicted molar refractivity (Wildman–Crippen MR) is 84.0 cm³/mol. The molecule has 0 spiro atoms. The Morgan fingerprint density at radius 1 is 1.29 bits per heavy atom. The third-order valence-corrected chi connectivity index (χ3v) is 3.70. The standard InChI is InChI=1S/C15H12BrN3O2/c1-21-15(20)10-4-6-11(7-5-10)17-14-9-13-12(16)3-2-8-19(13)18-14/h2-9H,1H3,(H,17,18). The first-order chi connectivity index (χ1) is 10.2. The molecule has 0 radical (unpaired) electrons. The third-order valence-electron chi connectivity index (χ3n) is 3.03. The highest BCUT2D eigenvalue weighted by Crippen LogP contribution is 2.22. The number of esters is 1. The zero-order valence-electron chi connectivity index (χ0n) is 11.2. The number of aromatic nitrogens is 2. The molecule has 2 aromatic heterocycles. The van der Waals surface area contributed by atoms with Crippen molar-refractivity contribution in [1.82, 2.24) is 9.61 Å². The van der Waals surface area contributed by atoms with Gasteiger partial charge in [0, 0.05) is 22.4 Å². The van der Waals surface area contributed by atoms with E-state index in [4.69, 9.17) is 0 Å². The SMILES string of the molecule is COC(=O)c1ccc(Nc2cc3c(Br)cccn3n2)cc1. The first-order valence-corrected chi connectivity index (χ1v) is 7.06. The molecule has 1 N–H and O–H groups in total. The summed E-state index contributed by atoms with van der Waals surface area (Å²) in [6, 6.07) is 12.9. The van der Waals surface area contributed by atoms with Gasteiger partial charge in [0.2, 0.25) is 0 Å². The lowest BCUT2D eigenvalue weighted by Crippen LogP contribution is -2.01. The fourth-order valence-electron chi connectivity index (χ4n) is 2.00. The molecule has 0 aliphatic rings. The van der Waals surface area contributed by atoms with E-state index in [1.54, 1.807) is 16.6 Å². The average Bonchev–Trinajstić information content (AvgIpc) is 2.91. The highest BCUT2D eigenvalue weighted by molar-refractivity contribution is 9.10. The topological polar surface area (TPSA) is 55.6 Å². The minimum Gasteiger partial charge on any atom is -0.465 e. The fraction of sp³-hybridized carbons (Fsp3) is 0.0667. The van der Waals surface area contributed by atoms with Gasteiger partial charge in [-0.05, 0) is 52.3 Å². The Bertz CT molecular complexity index is 796. The van der Waals surface area contributed by atoms with Gasteiger partial charge in [-0.1, -0.05) is 0 Å². The summed E-state index contributed by atoms with van der Waals surface area (Å²) in [5, 5.41) is 7.63. The first-order valence-electron chi connectivity index (χ1n) is 6.26. The number of nitrogens with zero attached hydrogens (tertiary/aromatic N) is 2. The number of methoxy groups -OCH3 is 1. The lowest BCUT2D eigenvalue weighted by Gasteiger charge is -2.03. The van der Waals surface area contributed by atoms with Gasteiger partial charge >= 0.3 is 5.97 Å². The molecule has 0 atom stereocenters. The van der Waals surface area contributed by atoms with Crippen LogP contribution in [0.3, 0.4) is 0 Å². The molecule has 0 saturated heterocycles. The number of rotatable bonds is 3. The smallest absolute Gasteiger partial charge is 0.337 e. The second-order valence-corrected chi connectivity index (χ2v) is 5.26. The van der Waals surface area contributed by atoms with Crippen LogP contribution in [0.2, 0.25) is 0 Å². The molecule has 106 valence electrons. The zero-order chi connectivity index (χ0) is 14.8. The molecule has 0 bridgehead atoms. The van der Waals surface area contributed by atoms with Gasteiger partial charge in [0.1, 0.15) is 0 Å².